The number of nitrogens with one attached hydrogen (secondary N) is 1. The Hall–Kier alpha value is -0.160. The summed E-state index contributed by atoms with van der Waals surface area (Å²) in [6.45, 7) is 9.75. The molecule has 20 heavy (non-hydrogen) atoms. The maximum atomic E-state index is 9.61. The second-order valence-electron chi connectivity index (χ2n) is 6.78. The Balaban J connectivity index is 1.78. The van der Waals surface area contributed by atoms with E-state index >= 15 is 0 Å². The fraction of sp³-hybridized carbons (Fsp3) is 1.00. The summed E-state index contributed by atoms with van der Waals surface area (Å²) in [5.74, 6) is 0. The molecule has 0 aromatic rings. The molecule has 2 aliphatic heterocycles. The van der Waals surface area contributed by atoms with Gasteiger partial charge in [0.15, 0.2) is 0 Å². The number of fused-ring (bicyclic) bond motifs is 1. The van der Waals surface area contributed by atoms with E-state index in [0.29, 0.717) is 6.04 Å². The van der Waals surface area contributed by atoms with Crippen LogP contribution in [0.25, 0.3) is 0 Å². The smallest absolute Gasteiger partial charge is 0.0613 e. The number of nitrogens with zero attached hydrogens (tertiary/aromatic N) is 2. The molecule has 0 aromatic heterocycles. The number of hydrogen-bond donors (Lipinski definition) is 2. The summed E-state index contributed by atoms with van der Waals surface area (Å²) in [6, 6.07) is 1.49. The average Bonchev–Trinajstić information content (AvgIpc) is 2.91. The quantitative estimate of drug-likeness (QED) is 0.739. The molecule has 2 heterocycles. The minimum Gasteiger partial charge on any atom is -0.394 e. The number of hydrogen-bond acceptors (Lipinski definition) is 4. The molecule has 0 spiro atoms. The largest absolute Gasteiger partial charge is 0.394 e. The molecule has 2 fully saturated rings. The van der Waals surface area contributed by atoms with Crippen molar-refractivity contribution in [3.63, 3.8) is 0 Å². The van der Waals surface area contributed by atoms with Gasteiger partial charge in [-0.25, -0.2) is 0 Å². The Kier molecular flexibility index (Phi) is 5.84. The second kappa shape index (κ2) is 7.21. The standard InChI is InChI=1S/C16H33N3O/c1-4-16(13-20,17-3)8-6-10-18-12-15-7-5-9-19(15)11-14(18)2/h14-15,17,20H,4-13H2,1-3H3. The van der Waals surface area contributed by atoms with E-state index in [-0.39, 0.29) is 12.1 Å². The fourth-order valence-electron chi connectivity index (χ4n) is 3.93. The Bertz CT molecular complexity index is 285. The van der Waals surface area contributed by atoms with Crippen LogP contribution in [0.2, 0.25) is 0 Å². The topological polar surface area (TPSA) is 38.7 Å². The Labute approximate surface area is 124 Å². The van der Waals surface area contributed by atoms with Crippen molar-refractivity contribution in [1.29, 1.82) is 0 Å². The van der Waals surface area contributed by atoms with Gasteiger partial charge in [-0.3, -0.25) is 9.80 Å². The lowest BCUT2D eigenvalue weighted by Crippen LogP contribution is -2.55. The van der Waals surface area contributed by atoms with Gasteiger partial charge in [-0.1, -0.05) is 6.92 Å². The minimum atomic E-state index is -0.0710. The van der Waals surface area contributed by atoms with Gasteiger partial charge in [0.2, 0.25) is 0 Å². The summed E-state index contributed by atoms with van der Waals surface area (Å²) in [6.07, 6.45) is 6.00. The molecular weight excluding hydrogens is 250 g/mol. The van der Waals surface area contributed by atoms with Gasteiger partial charge in [-0.2, -0.15) is 0 Å². The van der Waals surface area contributed by atoms with E-state index in [1.807, 2.05) is 7.05 Å². The summed E-state index contributed by atoms with van der Waals surface area (Å²) in [5, 5.41) is 12.9. The minimum absolute atomic E-state index is 0.0710. The van der Waals surface area contributed by atoms with Crippen LogP contribution in [0.15, 0.2) is 0 Å². The first-order valence-electron chi connectivity index (χ1n) is 8.42. The van der Waals surface area contributed by atoms with Gasteiger partial charge in [-0.05, 0) is 59.2 Å². The second-order valence-corrected chi connectivity index (χ2v) is 6.78. The van der Waals surface area contributed by atoms with Crippen molar-refractivity contribution in [2.24, 2.45) is 0 Å². The first-order valence-corrected chi connectivity index (χ1v) is 8.42. The molecule has 2 rings (SSSR count). The molecule has 0 aliphatic carbocycles. The maximum absolute atomic E-state index is 9.61. The van der Waals surface area contributed by atoms with Crippen LogP contribution in [-0.2, 0) is 0 Å². The highest BCUT2D eigenvalue weighted by Crippen LogP contribution is 2.25. The lowest BCUT2D eigenvalue weighted by Gasteiger charge is -2.42. The number of likely N-dealkylation sites (N-methyl/N-ethyl adjacent to an activating group) is 1. The lowest BCUT2D eigenvalue weighted by atomic mass is 9.91. The normalized spacial score (nSPS) is 31.2. The van der Waals surface area contributed by atoms with Gasteiger partial charge < -0.3 is 10.4 Å². The van der Waals surface area contributed by atoms with Gasteiger partial charge in [0.25, 0.3) is 0 Å². The Morgan fingerprint density at radius 2 is 2.15 bits per heavy atom. The molecule has 0 aromatic carbocycles. The predicted molar refractivity (Wildman–Crippen MR) is 84.0 cm³/mol. The summed E-state index contributed by atoms with van der Waals surface area (Å²) >= 11 is 0. The third-order valence-electron chi connectivity index (χ3n) is 5.68. The number of aliphatic hydroxyl groups excluding tert-OH is 1. The van der Waals surface area contributed by atoms with E-state index < -0.39 is 0 Å². The van der Waals surface area contributed by atoms with Crippen molar-refractivity contribution in [2.75, 3.05) is 39.8 Å². The average molecular weight is 283 g/mol. The first kappa shape index (κ1) is 16.2. The van der Waals surface area contributed by atoms with Crippen LogP contribution < -0.4 is 5.32 Å². The van der Waals surface area contributed by atoms with Gasteiger partial charge in [0.05, 0.1) is 6.61 Å². The van der Waals surface area contributed by atoms with Crippen LogP contribution >= 0.6 is 0 Å². The van der Waals surface area contributed by atoms with Crippen molar-refractivity contribution < 1.29 is 5.11 Å². The van der Waals surface area contributed by atoms with Crippen LogP contribution in [0, 0.1) is 0 Å². The zero-order valence-electron chi connectivity index (χ0n) is 13.6. The Morgan fingerprint density at radius 3 is 2.80 bits per heavy atom. The maximum Gasteiger partial charge on any atom is 0.0613 e. The molecule has 4 heteroatoms. The first-order chi connectivity index (χ1) is 9.64. The SMILES string of the molecule is CCC(CO)(CCCN1CC2CCCN2CC1C)NC. The molecule has 0 amide bonds. The van der Waals surface area contributed by atoms with Crippen molar-refractivity contribution >= 4 is 0 Å². The molecular formula is C16H33N3O. The Morgan fingerprint density at radius 1 is 1.35 bits per heavy atom. The lowest BCUT2D eigenvalue weighted by molar-refractivity contribution is 0.0546. The number of aliphatic hydroxyl groups is 1. The molecule has 4 nitrogen and oxygen atoms in total. The molecule has 2 saturated heterocycles. The molecule has 2 N–H and O–H groups in total. The van der Waals surface area contributed by atoms with E-state index in [4.69, 9.17) is 0 Å². The van der Waals surface area contributed by atoms with Crippen LogP contribution in [0.3, 0.4) is 0 Å². The van der Waals surface area contributed by atoms with Crippen LogP contribution in [-0.4, -0.2) is 72.4 Å². The zero-order chi connectivity index (χ0) is 14.6. The van der Waals surface area contributed by atoms with Crippen molar-refractivity contribution in [2.45, 2.75) is 63.6 Å². The molecule has 2 aliphatic rings. The van der Waals surface area contributed by atoms with Gasteiger partial charge in [0, 0.05) is 30.7 Å². The summed E-state index contributed by atoms with van der Waals surface area (Å²) in [7, 11) is 1.97. The zero-order valence-corrected chi connectivity index (χ0v) is 13.6. The monoisotopic (exact) mass is 283 g/mol. The molecule has 0 bridgehead atoms. The highest BCUT2D eigenvalue weighted by Gasteiger charge is 2.34. The number of rotatable bonds is 7. The van der Waals surface area contributed by atoms with E-state index in [2.05, 4.69) is 29.0 Å². The predicted octanol–water partition coefficient (Wildman–Crippen LogP) is 1.30. The fourth-order valence-corrected chi connectivity index (χ4v) is 3.93. The van der Waals surface area contributed by atoms with E-state index in [0.717, 1.165) is 18.9 Å². The van der Waals surface area contributed by atoms with Crippen molar-refractivity contribution in [1.82, 2.24) is 15.1 Å². The highest BCUT2D eigenvalue weighted by molar-refractivity contribution is 4.91. The number of piperazine rings is 1. The molecule has 118 valence electrons. The van der Waals surface area contributed by atoms with E-state index in [9.17, 15) is 5.11 Å². The van der Waals surface area contributed by atoms with Gasteiger partial charge in [-0.15, -0.1) is 0 Å². The van der Waals surface area contributed by atoms with Crippen molar-refractivity contribution in [3.05, 3.63) is 0 Å². The molecule has 0 saturated carbocycles. The van der Waals surface area contributed by atoms with Crippen LogP contribution in [0.4, 0.5) is 0 Å². The summed E-state index contributed by atoms with van der Waals surface area (Å²) in [4.78, 5) is 5.35. The highest BCUT2D eigenvalue weighted by atomic mass is 16.3. The molecule has 3 atom stereocenters. The summed E-state index contributed by atoms with van der Waals surface area (Å²) < 4.78 is 0. The molecule has 3 unspecified atom stereocenters. The van der Waals surface area contributed by atoms with Crippen LogP contribution in [0.5, 0.6) is 0 Å². The third kappa shape index (κ3) is 3.53. The van der Waals surface area contributed by atoms with Crippen LogP contribution in [0.1, 0.15) is 46.0 Å². The van der Waals surface area contributed by atoms with Gasteiger partial charge in [0.1, 0.15) is 0 Å². The van der Waals surface area contributed by atoms with Gasteiger partial charge >= 0.3 is 0 Å². The van der Waals surface area contributed by atoms with E-state index in [1.165, 1.54) is 45.4 Å². The van der Waals surface area contributed by atoms with Crippen molar-refractivity contribution in [3.8, 4) is 0 Å². The summed E-state index contributed by atoms with van der Waals surface area (Å²) in [5.41, 5.74) is -0.0710. The third-order valence-corrected chi connectivity index (χ3v) is 5.68. The molecule has 0 radical (unpaired) electrons. The van der Waals surface area contributed by atoms with E-state index in [1.54, 1.807) is 0 Å².